The zero-order valence-electron chi connectivity index (χ0n) is 21.0. The van der Waals surface area contributed by atoms with Crippen molar-refractivity contribution in [1.82, 2.24) is 10.2 Å². The summed E-state index contributed by atoms with van der Waals surface area (Å²) in [4.78, 5) is 28.0. The van der Waals surface area contributed by atoms with Crippen molar-refractivity contribution in [3.63, 3.8) is 0 Å². The molecular weight excluding hydrogens is 428 g/mol. The smallest absolute Gasteiger partial charge is 0.407 e. The van der Waals surface area contributed by atoms with Crippen molar-refractivity contribution in [2.75, 3.05) is 26.2 Å². The summed E-state index contributed by atoms with van der Waals surface area (Å²) in [6.07, 6.45) is 10.7. The number of benzene rings is 1. The number of hydrogen-bond donors (Lipinski definition) is 1. The number of nitrogens with one attached hydrogen (secondary N) is 1. The Morgan fingerprint density at radius 2 is 1.88 bits per heavy atom. The molecule has 4 aliphatic rings. The average Bonchev–Trinajstić information content (AvgIpc) is 2.82. The lowest BCUT2D eigenvalue weighted by Gasteiger charge is -2.45. The van der Waals surface area contributed by atoms with Crippen LogP contribution >= 0.6 is 0 Å². The van der Waals surface area contributed by atoms with Crippen LogP contribution in [0, 0.1) is 5.92 Å². The van der Waals surface area contributed by atoms with Crippen LogP contribution in [-0.4, -0.2) is 54.8 Å². The molecule has 1 N–H and O–H groups in total. The SMILES string of the molecule is CC(C)(C)OC(=O)NC/C=C/c1cccc(C2(C(=O)O[C@H]3CN4CCC3CC4)CCCCC2)c1. The maximum atomic E-state index is 13.7. The third kappa shape index (κ3) is 6.01. The highest BCUT2D eigenvalue weighted by atomic mass is 16.6. The molecule has 1 aromatic carbocycles. The standard InChI is InChI=1S/C28H40N2O4/c1-27(2,3)34-26(32)29-16-8-10-21-9-7-11-23(19-21)28(14-5-4-6-15-28)25(31)33-24-20-30-17-12-22(24)13-18-30/h7-11,19,22,24H,4-6,12-18,20H2,1-3H3,(H,29,32)/b10-8+/t24-/m0/s1. The van der Waals surface area contributed by atoms with E-state index in [1.807, 2.05) is 45.1 Å². The van der Waals surface area contributed by atoms with Crippen molar-refractivity contribution < 1.29 is 19.1 Å². The molecule has 3 heterocycles. The molecule has 1 aliphatic carbocycles. The highest BCUT2D eigenvalue weighted by molar-refractivity contribution is 5.84. The number of nitrogens with zero attached hydrogens (tertiary/aromatic N) is 1. The molecule has 6 heteroatoms. The Bertz CT molecular complexity index is 890. The molecule has 0 radical (unpaired) electrons. The number of rotatable bonds is 6. The molecule has 5 rings (SSSR count). The summed E-state index contributed by atoms with van der Waals surface area (Å²) < 4.78 is 11.5. The lowest BCUT2D eigenvalue weighted by molar-refractivity contribution is -0.167. The Morgan fingerprint density at radius 1 is 1.15 bits per heavy atom. The van der Waals surface area contributed by atoms with Gasteiger partial charge in [0.2, 0.25) is 0 Å². The molecule has 1 amide bonds. The predicted octanol–water partition coefficient (Wildman–Crippen LogP) is 5.06. The fraction of sp³-hybridized carbons (Fsp3) is 0.643. The molecule has 3 saturated heterocycles. The van der Waals surface area contributed by atoms with Gasteiger partial charge in [0.1, 0.15) is 11.7 Å². The molecule has 0 spiro atoms. The van der Waals surface area contributed by atoms with Crippen molar-refractivity contribution in [1.29, 1.82) is 0 Å². The maximum Gasteiger partial charge on any atom is 0.407 e. The monoisotopic (exact) mass is 468 g/mol. The molecule has 3 aliphatic heterocycles. The zero-order chi connectivity index (χ0) is 24.2. The Labute approximate surface area is 204 Å². The molecule has 0 aromatic heterocycles. The minimum atomic E-state index is -0.553. The van der Waals surface area contributed by atoms with Gasteiger partial charge < -0.3 is 14.8 Å². The summed E-state index contributed by atoms with van der Waals surface area (Å²) in [5.74, 6) is 0.486. The molecular formula is C28H40N2O4. The van der Waals surface area contributed by atoms with E-state index in [1.54, 1.807) is 0 Å². The second-order valence-corrected chi connectivity index (χ2v) is 11.1. The molecule has 0 unspecified atom stereocenters. The summed E-state index contributed by atoms with van der Waals surface area (Å²) in [6, 6.07) is 8.25. The Hall–Kier alpha value is -2.34. The van der Waals surface area contributed by atoms with Gasteiger partial charge in [-0.2, -0.15) is 0 Å². The van der Waals surface area contributed by atoms with Crippen LogP contribution in [0.25, 0.3) is 6.08 Å². The normalized spacial score (nSPS) is 26.3. The van der Waals surface area contributed by atoms with Gasteiger partial charge in [-0.05, 0) is 76.6 Å². The second-order valence-electron chi connectivity index (χ2n) is 11.1. The van der Waals surface area contributed by atoms with Crippen LogP contribution in [-0.2, 0) is 19.7 Å². The highest BCUT2D eigenvalue weighted by Crippen LogP contribution is 2.42. The Kier molecular flexibility index (Phi) is 7.66. The largest absolute Gasteiger partial charge is 0.460 e. The van der Waals surface area contributed by atoms with Crippen molar-refractivity contribution in [2.24, 2.45) is 5.92 Å². The summed E-state index contributed by atoms with van der Waals surface area (Å²) in [7, 11) is 0. The molecule has 186 valence electrons. The zero-order valence-corrected chi connectivity index (χ0v) is 21.0. The van der Waals surface area contributed by atoms with Crippen molar-refractivity contribution in [3.8, 4) is 0 Å². The first kappa shape index (κ1) is 24.8. The molecule has 4 fully saturated rings. The Balaban J connectivity index is 1.44. The number of piperidine rings is 3. The third-order valence-corrected chi connectivity index (χ3v) is 7.47. The van der Waals surface area contributed by atoms with E-state index in [-0.39, 0.29) is 12.1 Å². The Morgan fingerprint density at radius 3 is 2.53 bits per heavy atom. The van der Waals surface area contributed by atoms with Gasteiger partial charge in [-0.3, -0.25) is 9.69 Å². The van der Waals surface area contributed by atoms with Crippen LogP contribution in [0.5, 0.6) is 0 Å². The first-order chi connectivity index (χ1) is 16.2. The van der Waals surface area contributed by atoms with E-state index in [4.69, 9.17) is 9.47 Å². The van der Waals surface area contributed by atoms with Crippen LogP contribution in [0.3, 0.4) is 0 Å². The van der Waals surface area contributed by atoms with E-state index < -0.39 is 17.1 Å². The van der Waals surface area contributed by atoms with Gasteiger partial charge >= 0.3 is 12.1 Å². The van der Waals surface area contributed by atoms with Gasteiger partial charge in [-0.1, -0.05) is 55.7 Å². The number of carbonyl (C=O) groups excluding carboxylic acids is 2. The minimum Gasteiger partial charge on any atom is -0.460 e. The molecule has 6 nitrogen and oxygen atoms in total. The van der Waals surface area contributed by atoms with Gasteiger partial charge in [-0.15, -0.1) is 0 Å². The van der Waals surface area contributed by atoms with Crippen molar-refractivity contribution in [3.05, 3.63) is 41.5 Å². The van der Waals surface area contributed by atoms with E-state index >= 15 is 0 Å². The number of alkyl carbamates (subject to hydrolysis) is 1. The summed E-state index contributed by atoms with van der Waals surface area (Å²) in [6.45, 7) is 9.08. The molecule has 34 heavy (non-hydrogen) atoms. The molecule has 1 saturated carbocycles. The summed E-state index contributed by atoms with van der Waals surface area (Å²) >= 11 is 0. The molecule has 2 bridgehead atoms. The van der Waals surface area contributed by atoms with E-state index in [1.165, 1.54) is 6.42 Å². The predicted molar refractivity (Wildman–Crippen MR) is 134 cm³/mol. The molecule has 1 aromatic rings. The number of carbonyl (C=O) groups is 2. The van der Waals surface area contributed by atoms with Crippen LogP contribution in [0.4, 0.5) is 4.79 Å². The van der Waals surface area contributed by atoms with Gasteiger partial charge in [0.15, 0.2) is 0 Å². The van der Waals surface area contributed by atoms with Crippen LogP contribution < -0.4 is 5.32 Å². The van der Waals surface area contributed by atoms with E-state index in [9.17, 15) is 9.59 Å². The van der Waals surface area contributed by atoms with Crippen LogP contribution in [0.2, 0.25) is 0 Å². The fourth-order valence-electron chi connectivity index (χ4n) is 5.65. The first-order valence-electron chi connectivity index (χ1n) is 12.9. The fourth-order valence-corrected chi connectivity index (χ4v) is 5.65. The maximum absolute atomic E-state index is 13.7. The number of hydrogen-bond acceptors (Lipinski definition) is 5. The van der Waals surface area contributed by atoms with Crippen LogP contribution in [0.15, 0.2) is 30.3 Å². The number of esters is 1. The van der Waals surface area contributed by atoms with Gasteiger partial charge in [0, 0.05) is 13.1 Å². The lowest BCUT2D eigenvalue weighted by Crippen LogP contribution is -2.53. The summed E-state index contributed by atoms with van der Waals surface area (Å²) in [5, 5.41) is 2.75. The van der Waals surface area contributed by atoms with Crippen LogP contribution in [0.1, 0.15) is 76.8 Å². The topological polar surface area (TPSA) is 67.9 Å². The third-order valence-electron chi connectivity index (χ3n) is 7.47. The van der Waals surface area contributed by atoms with E-state index in [0.29, 0.717) is 12.5 Å². The number of amides is 1. The van der Waals surface area contributed by atoms with Crippen molar-refractivity contribution in [2.45, 2.75) is 82.8 Å². The summed E-state index contributed by atoms with van der Waals surface area (Å²) in [5.41, 5.74) is 1.01. The average molecular weight is 469 g/mol. The van der Waals surface area contributed by atoms with Gasteiger partial charge in [-0.25, -0.2) is 4.79 Å². The van der Waals surface area contributed by atoms with Gasteiger partial charge in [0.05, 0.1) is 5.41 Å². The van der Waals surface area contributed by atoms with E-state index in [2.05, 4.69) is 22.3 Å². The second kappa shape index (κ2) is 10.5. The molecule has 1 atom stereocenters. The van der Waals surface area contributed by atoms with Crippen molar-refractivity contribution >= 4 is 18.1 Å². The highest BCUT2D eigenvalue weighted by Gasteiger charge is 2.45. The minimum absolute atomic E-state index is 0.0290. The van der Waals surface area contributed by atoms with Gasteiger partial charge in [0.25, 0.3) is 0 Å². The number of fused-ring (bicyclic) bond motifs is 3. The lowest BCUT2D eigenvalue weighted by atomic mass is 9.69. The van der Waals surface area contributed by atoms with E-state index in [0.717, 1.165) is 69.3 Å². The quantitative estimate of drug-likeness (QED) is 0.591. The number of ether oxygens (including phenoxy) is 2. The first-order valence-corrected chi connectivity index (χ1v) is 12.9.